The number of nitrogens with zero attached hydrogens (tertiary/aromatic N) is 2. The fourth-order valence-electron chi connectivity index (χ4n) is 2.35. The SMILES string of the molecule is N#Cc1ccccc1Nc1ccnc(C(=O)NCc2ccc(F)cc2)c1. The lowest BCUT2D eigenvalue weighted by molar-refractivity contribution is 0.0946. The lowest BCUT2D eigenvalue weighted by atomic mass is 10.2. The van der Waals surface area contributed by atoms with E-state index in [9.17, 15) is 9.18 Å². The average molecular weight is 346 g/mol. The van der Waals surface area contributed by atoms with Crippen LogP contribution in [0.1, 0.15) is 21.6 Å². The molecule has 1 amide bonds. The monoisotopic (exact) mass is 346 g/mol. The summed E-state index contributed by atoms with van der Waals surface area (Å²) in [7, 11) is 0. The van der Waals surface area contributed by atoms with Crippen LogP contribution in [0.15, 0.2) is 66.9 Å². The molecule has 1 heterocycles. The number of halogens is 1. The van der Waals surface area contributed by atoms with E-state index >= 15 is 0 Å². The summed E-state index contributed by atoms with van der Waals surface area (Å²) in [5.41, 5.74) is 2.84. The predicted octanol–water partition coefficient (Wildman–Crippen LogP) is 3.77. The molecule has 0 unspecified atom stereocenters. The van der Waals surface area contributed by atoms with E-state index in [1.807, 2.05) is 6.07 Å². The van der Waals surface area contributed by atoms with Crippen molar-refractivity contribution in [3.63, 3.8) is 0 Å². The predicted molar refractivity (Wildman–Crippen MR) is 96.2 cm³/mol. The van der Waals surface area contributed by atoms with E-state index in [0.717, 1.165) is 5.56 Å². The van der Waals surface area contributed by atoms with Crippen LogP contribution in [0.2, 0.25) is 0 Å². The molecule has 2 aromatic carbocycles. The molecule has 1 aromatic heterocycles. The second kappa shape index (κ2) is 7.90. The molecule has 0 fully saturated rings. The molecule has 0 aliphatic heterocycles. The van der Waals surface area contributed by atoms with E-state index in [4.69, 9.17) is 5.26 Å². The maximum atomic E-state index is 12.9. The Hall–Kier alpha value is -3.72. The maximum Gasteiger partial charge on any atom is 0.270 e. The Kier molecular flexibility index (Phi) is 5.20. The Balaban J connectivity index is 1.69. The van der Waals surface area contributed by atoms with Crippen LogP contribution < -0.4 is 10.6 Å². The number of pyridine rings is 1. The van der Waals surface area contributed by atoms with Gasteiger partial charge in [-0.15, -0.1) is 0 Å². The molecule has 26 heavy (non-hydrogen) atoms. The van der Waals surface area contributed by atoms with Gasteiger partial charge in [-0.1, -0.05) is 24.3 Å². The van der Waals surface area contributed by atoms with Gasteiger partial charge in [-0.2, -0.15) is 5.26 Å². The van der Waals surface area contributed by atoms with Crippen LogP contribution >= 0.6 is 0 Å². The zero-order chi connectivity index (χ0) is 18.4. The molecule has 0 spiro atoms. The highest BCUT2D eigenvalue weighted by molar-refractivity contribution is 5.93. The Morgan fingerprint density at radius 3 is 2.65 bits per heavy atom. The minimum Gasteiger partial charge on any atom is -0.354 e. The van der Waals surface area contributed by atoms with Crippen LogP contribution in [0, 0.1) is 17.1 Å². The third-order valence-electron chi connectivity index (χ3n) is 3.69. The lowest BCUT2D eigenvalue weighted by Gasteiger charge is -2.09. The minimum atomic E-state index is -0.341. The number of carbonyl (C=O) groups is 1. The molecule has 0 bridgehead atoms. The highest BCUT2D eigenvalue weighted by Gasteiger charge is 2.09. The van der Waals surface area contributed by atoms with Crippen LogP contribution in [0.3, 0.4) is 0 Å². The van der Waals surface area contributed by atoms with E-state index in [1.165, 1.54) is 18.3 Å². The summed E-state index contributed by atoms with van der Waals surface area (Å²) in [5, 5.41) is 15.0. The molecule has 2 N–H and O–H groups in total. The van der Waals surface area contributed by atoms with Crippen molar-refractivity contribution >= 4 is 17.3 Å². The Labute approximate surface area is 150 Å². The summed E-state index contributed by atoms with van der Waals surface area (Å²) in [6.45, 7) is 0.274. The van der Waals surface area contributed by atoms with Crippen LogP contribution in [-0.4, -0.2) is 10.9 Å². The molecule has 3 aromatic rings. The maximum absolute atomic E-state index is 12.9. The number of para-hydroxylation sites is 1. The van der Waals surface area contributed by atoms with Crippen LogP contribution in [0.25, 0.3) is 0 Å². The highest BCUT2D eigenvalue weighted by Crippen LogP contribution is 2.20. The van der Waals surface area contributed by atoms with Crippen molar-refractivity contribution in [1.29, 1.82) is 5.26 Å². The van der Waals surface area contributed by atoms with Gasteiger partial charge in [0.2, 0.25) is 0 Å². The average Bonchev–Trinajstić information content (AvgIpc) is 2.68. The first-order valence-corrected chi connectivity index (χ1v) is 7.90. The largest absolute Gasteiger partial charge is 0.354 e. The molecule has 0 aliphatic carbocycles. The molecule has 6 heteroatoms. The molecular weight excluding hydrogens is 331 g/mol. The first kappa shape index (κ1) is 17.1. The number of benzene rings is 2. The van der Waals surface area contributed by atoms with Gasteiger partial charge in [0, 0.05) is 18.4 Å². The van der Waals surface area contributed by atoms with E-state index < -0.39 is 0 Å². The molecule has 5 nitrogen and oxygen atoms in total. The first-order valence-electron chi connectivity index (χ1n) is 7.90. The standard InChI is InChI=1S/C20H15FN4O/c21-16-7-5-14(6-8-16)13-24-20(26)19-11-17(9-10-23-19)25-18-4-2-1-3-15(18)12-22/h1-11H,13H2,(H,23,25)(H,24,26). The summed E-state index contributed by atoms with van der Waals surface area (Å²) in [4.78, 5) is 16.4. The third kappa shape index (κ3) is 4.22. The summed E-state index contributed by atoms with van der Waals surface area (Å²) in [5.74, 6) is -0.662. The number of anilines is 2. The van der Waals surface area contributed by atoms with Gasteiger partial charge in [0.1, 0.15) is 17.6 Å². The number of hydrogen-bond acceptors (Lipinski definition) is 4. The van der Waals surface area contributed by atoms with Gasteiger partial charge in [-0.05, 0) is 42.0 Å². The Bertz CT molecular complexity index is 964. The van der Waals surface area contributed by atoms with Crippen molar-refractivity contribution in [3.8, 4) is 6.07 Å². The van der Waals surface area contributed by atoms with Gasteiger partial charge in [-0.25, -0.2) is 4.39 Å². The summed E-state index contributed by atoms with van der Waals surface area (Å²) >= 11 is 0. The topological polar surface area (TPSA) is 77.8 Å². The van der Waals surface area contributed by atoms with Crippen molar-refractivity contribution in [1.82, 2.24) is 10.3 Å². The van der Waals surface area contributed by atoms with Crippen molar-refractivity contribution in [3.05, 3.63) is 89.5 Å². The van der Waals surface area contributed by atoms with Gasteiger partial charge in [-0.3, -0.25) is 9.78 Å². The zero-order valence-electron chi connectivity index (χ0n) is 13.7. The molecule has 0 saturated carbocycles. The molecule has 0 saturated heterocycles. The van der Waals surface area contributed by atoms with Crippen LogP contribution in [0.5, 0.6) is 0 Å². The van der Waals surface area contributed by atoms with Gasteiger partial charge >= 0.3 is 0 Å². The number of rotatable bonds is 5. The summed E-state index contributed by atoms with van der Waals surface area (Å²) < 4.78 is 12.9. The second-order valence-corrected chi connectivity index (χ2v) is 5.52. The third-order valence-corrected chi connectivity index (χ3v) is 3.69. The number of nitriles is 1. The van der Waals surface area contributed by atoms with E-state index in [2.05, 4.69) is 21.7 Å². The smallest absolute Gasteiger partial charge is 0.270 e. The molecule has 0 aliphatic rings. The zero-order valence-corrected chi connectivity index (χ0v) is 13.7. The van der Waals surface area contributed by atoms with Gasteiger partial charge in [0.25, 0.3) is 5.91 Å². The van der Waals surface area contributed by atoms with Gasteiger partial charge < -0.3 is 10.6 Å². The minimum absolute atomic E-state index is 0.242. The van der Waals surface area contributed by atoms with E-state index in [-0.39, 0.29) is 24.0 Å². The van der Waals surface area contributed by atoms with Crippen molar-refractivity contribution in [2.45, 2.75) is 6.54 Å². The van der Waals surface area contributed by atoms with Gasteiger partial charge in [0.05, 0.1) is 11.3 Å². The second-order valence-electron chi connectivity index (χ2n) is 5.52. The Morgan fingerprint density at radius 1 is 1.12 bits per heavy atom. The van der Waals surface area contributed by atoms with Gasteiger partial charge in [0.15, 0.2) is 0 Å². The van der Waals surface area contributed by atoms with Crippen LogP contribution in [-0.2, 0) is 6.54 Å². The number of carbonyl (C=O) groups excluding carboxylic acids is 1. The fourth-order valence-corrected chi connectivity index (χ4v) is 2.35. The van der Waals surface area contributed by atoms with Crippen molar-refractivity contribution in [2.75, 3.05) is 5.32 Å². The Morgan fingerprint density at radius 2 is 1.88 bits per heavy atom. The molecule has 128 valence electrons. The fraction of sp³-hybridized carbons (Fsp3) is 0.0500. The van der Waals surface area contributed by atoms with E-state index in [0.29, 0.717) is 16.9 Å². The number of amides is 1. The molecule has 0 radical (unpaired) electrons. The van der Waals surface area contributed by atoms with Crippen molar-refractivity contribution in [2.24, 2.45) is 0 Å². The quantitative estimate of drug-likeness (QED) is 0.737. The number of aromatic nitrogens is 1. The molecule has 3 rings (SSSR count). The summed E-state index contributed by atoms with van der Waals surface area (Å²) in [6.07, 6.45) is 1.52. The summed E-state index contributed by atoms with van der Waals surface area (Å²) in [6, 6.07) is 18.4. The highest BCUT2D eigenvalue weighted by atomic mass is 19.1. The number of hydrogen-bond donors (Lipinski definition) is 2. The van der Waals surface area contributed by atoms with Crippen molar-refractivity contribution < 1.29 is 9.18 Å². The molecule has 0 atom stereocenters. The van der Waals surface area contributed by atoms with E-state index in [1.54, 1.807) is 42.5 Å². The normalized spacial score (nSPS) is 10.0. The lowest BCUT2D eigenvalue weighted by Crippen LogP contribution is -2.23. The number of nitrogens with one attached hydrogen (secondary N) is 2. The van der Waals surface area contributed by atoms with Crippen LogP contribution in [0.4, 0.5) is 15.8 Å². The molecular formula is C20H15FN4O. The first-order chi connectivity index (χ1) is 12.7.